The first-order chi connectivity index (χ1) is 13.0. The lowest BCUT2D eigenvalue weighted by atomic mass is 10.2. The second-order valence-electron chi connectivity index (χ2n) is 5.96. The third kappa shape index (κ3) is 4.13. The first-order valence-electron chi connectivity index (χ1n) is 8.58. The lowest BCUT2D eigenvalue weighted by molar-refractivity contribution is -0.144. The average molecular weight is 387 g/mol. The van der Waals surface area contributed by atoms with Crippen LogP contribution in [0.5, 0.6) is 0 Å². The fourth-order valence-electron chi connectivity index (χ4n) is 2.66. The van der Waals surface area contributed by atoms with Crippen LogP contribution < -0.4 is 11.4 Å². The highest BCUT2D eigenvalue weighted by atomic mass is 32.2. The Morgan fingerprint density at radius 2 is 1.96 bits per heavy atom. The van der Waals surface area contributed by atoms with Crippen molar-refractivity contribution >= 4 is 34.7 Å². The van der Waals surface area contributed by atoms with Gasteiger partial charge in [-0.1, -0.05) is 49.0 Å². The van der Waals surface area contributed by atoms with Gasteiger partial charge in [0.05, 0.1) is 6.54 Å². The minimum absolute atomic E-state index is 0.190. The summed E-state index contributed by atoms with van der Waals surface area (Å²) in [5, 5.41) is 0.522. The molecule has 0 radical (unpaired) electrons. The summed E-state index contributed by atoms with van der Waals surface area (Å²) >= 11 is 1.49. The third-order valence-corrected chi connectivity index (χ3v) is 4.93. The fraction of sp³-hybridized carbons (Fsp3) is 0.333. The van der Waals surface area contributed by atoms with E-state index in [2.05, 4.69) is 16.9 Å². The molecule has 0 saturated heterocycles. The first-order valence-corrected chi connectivity index (χ1v) is 9.56. The Morgan fingerprint density at radius 3 is 2.63 bits per heavy atom. The van der Waals surface area contributed by atoms with Gasteiger partial charge in [-0.2, -0.15) is 0 Å². The Morgan fingerprint density at radius 1 is 1.22 bits per heavy atom. The minimum Gasteiger partial charge on any atom is -0.444 e. The molecule has 2 N–H and O–H groups in total. The number of nitrogens with two attached hydrogens (primary N) is 1. The molecular formula is C18H21N5O3S. The molecule has 0 atom stereocenters. The van der Waals surface area contributed by atoms with E-state index in [1.807, 2.05) is 30.3 Å². The summed E-state index contributed by atoms with van der Waals surface area (Å²) in [6.07, 6.45) is 0.969. The van der Waals surface area contributed by atoms with Crippen LogP contribution in [0.4, 0.5) is 5.82 Å². The molecule has 0 fully saturated rings. The lowest BCUT2D eigenvalue weighted by Crippen LogP contribution is -2.26. The van der Waals surface area contributed by atoms with Crippen LogP contribution in [-0.2, 0) is 22.8 Å². The van der Waals surface area contributed by atoms with E-state index < -0.39 is 5.97 Å². The zero-order valence-electron chi connectivity index (χ0n) is 15.2. The van der Waals surface area contributed by atoms with Crippen molar-refractivity contribution in [3.05, 3.63) is 46.4 Å². The van der Waals surface area contributed by atoms with Crippen molar-refractivity contribution in [2.45, 2.75) is 38.7 Å². The van der Waals surface area contributed by atoms with Gasteiger partial charge in [0, 0.05) is 12.7 Å². The quantitative estimate of drug-likeness (QED) is 0.376. The van der Waals surface area contributed by atoms with Gasteiger partial charge < -0.3 is 10.5 Å². The molecule has 3 rings (SSSR count). The maximum Gasteiger partial charge on any atom is 0.333 e. The molecule has 0 aliphatic heterocycles. The molecule has 9 heteroatoms. The van der Waals surface area contributed by atoms with E-state index in [0.29, 0.717) is 22.9 Å². The Bertz CT molecular complexity index is 1010. The van der Waals surface area contributed by atoms with Crippen LogP contribution >= 0.6 is 11.8 Å². The molecule has 2 aromatic heterocycles. The average Bonchev–Trinajstić information content (AvgIpc) is 2.91. The van der Waals surface area contributed by atoms with E-state index >= 15 is 0 Å². The maximum atomic E-state index is 13.0. The fourth-order valence-corrected chi connectivity index (χ4v) is 3.36. The molecule has 0 bridgehead atoms. The van der Waals surface area contributed by atoms with E-state index in [1.165, 1.54) is 27.8 Å². The number of anilines is 1. The zero-order valence-corrected chi connectivity index (χ0v) is 16.0. The first kappa shape index (κ1) is 19.0. The van der Waals surface area contributed by atoms with E-state index in [-0.39, 0.29) is 18.2 Å². The summed E-state index contributed by atoms with van der Waals surface area (Å²) in [6, 6.07) is 9.59. The number of nitrogen functional groups attached to an aromatic ring is 1. The maximum absolute atomic E-state index is 13.0. The van der Waals surface area contributed by atoms with Crippen molar-refractivity contribution in [1.82, 2.24) is 19.1 Å². The molecule has 2 heterocycles. The Kier molecular flexibility index (Phi) is 5.80. The van der Waals surface area contributed by atoms with Crippen molar-refractivity contribution in [2.75, 3.05) is 11.5 Å². The SMILES string of the molecule is CCCSc1nc(N)c2c(n1)n(Cc1ccccc1)c(=O)n2COC(C)=O. The standard InChI is InChI=1S/C18H21N5O3S/c1-3-9-27-17-20-15(19)14-16(21-17)22(10-13-7-5-4-6-8-13)18(25)23(14)11-26-12(2)24/h4-8H,3,9-11H2,1-2H3,(H2,19,20,21). The van der Waals surface area contributed by atoms with Gasteiger partial charge in [0.25, 0.3) is 0 Å². The van der Waals surface area contributed by atoms with Crippen molar-refractivity contribution in [1.29, 1.82) is 0 Å². The highest BCUT2D eigenvalue weighted by Gasteiger charge is 2.20. The molecule has 1 aromatic carbocycles. The molecule has 0 unspecified atom stereocenters. The predicted molar refractivity (Wildman–Crippen MR) is 105 cm³/mol. The van der Waals surface area contributed by atoms with Crippen molar-refractivity contribution < 1.29 is 9.53 Å². The number of carbonyl (C=O) groups is 1. The van der Waals surface area contributed by atoms with Crippen molar-refractivity contribution in [3.8, 4) is 0 Å². The summed E-state index contributed by atoms with van der Waals surface area (Å²) in [5.41, 5.74) is 7.54. The summed E-state index contributed by atoms with van der Waals surface area (Å²) < 4.78 is 7.85. The molecule has 3 aromatic rings. The molecule has 0 spiro atoms. The number of nitrogens with zero attached hydrogens (tertiary/aromatic N) is 4. The van der Waals surface area contributed by atoms with Gasteiger partial charge in [0.2, 0.25) is 0 Å². The predicted octanol–water partition coefficient (Wildman–Crippen LogP) is 2.25. The van der Waals surface area contributed by atoms with Gasteiger partial charge in [-0.25, -0.2) is 14.8 Å². The molecule has 0 saturated carbocycles. The lowest BCUT2D eigenvalue weighted by Gasteiger charge is -2.06. The molecular weight excluding hydrogens is 366 g/mol. The van der Waals surface area contributed by atoms with E-state index in [9.17, 15) is 9.59 Å². The third-order valence-electron chi connectivity index (χ3n) is 3.88. The Balaban J connectivity index is 2.15. The van der Waals surface area contributed by atoms with Crippen LogP contribution in [0.15, 0.2) is 40.3 Å². The molecule has 0 aliphatic rings. The number of imidazole rings is 1. The highest BCUT2D eigenvalue weighted by Crippen LogP contribution is 2.23. The summed E-state index contributed by atoms with van der Waals surface area (Å²) in [7, 11) is 0. The topological polar surface area (TPSA) is 105 Å². The number of hydrogen-bond donors (Lipinski definition) is 1. The van der Waals surface area contributed by atoms with Gasteiger partial charge in [-0.15, -0.1) is 0 Å². The summed E-state index contributed by atoms with van der Waals surface area (Å²) in [6.45, 7) is 3.45. The summed E-state index contributed by atoms with van der Waals surface area (Å²) in [5.74, 6) is 0.553. The van der Waals surface area contributed by atoms with Gasteiger partial charge in [0.1, 0.15) is 5.52 Å². The van der Waals surface area contributed by atoms with Crippen LogP contribution in [0.3, 0.4) is 0 Å². The Labute approximate surface area is 160 Å². The van der Waals surface area contributed by atoms with Gasteiger partial charge in [-0.3, -0.25) is 13.9 Å². The monoisotopic (exact) mass is 387 g/mol. The van der Waals surface area contributed by atoms with Gasteiger partial charge >= 0.3 is 11.7 Å². The van der Waals surface area contributed by atoms with Gasteiger partial charge in [0.15, 0.2) is 23.4 Å². The van der Waals surface area contributed by atoms with Crippen LogP contribution in [-0.4, -0.2) is 30.8 Å². The summed E-state index contributed by atoms with van der Waals surface area (Å²) in [4.78, 5) is 33.1. The van der Waals surface area contributed by atoms with Crippen LogP contribution in [0.25, 0.3) is 11.2 Å². The van der Waals surface area contributed by atoms with Crippen LogP contribution in [0.2, 0.25) is 0 Å². The second-order valence-corrected chi connectivity index (χ2v) is 7.02. The zero-order chi connectivity index (χ0) is 19.4. The van der Waals surface area contributed by atoms with Crippen molar-refractivity contribution in [3.63, 3.8) is 0 Å². The molecule has 0 aliphatic carbocycles. The van der Waals surface area contributed by atoms with Crippen LogP contribution in [0.1, 0.15) is 25.8 Å². The number of ether oxygens (including phenoxy) is 1. The Hall–Kier alpha value is -2.81. The normalized spacial score (nSPS) is 11.0. The van der Waals surface area contributed by atoms with E-state index in [4.69, 9.17) is 10.5 Å². The van der Waals surface area contributed by atoms with Crippen molar-refractivity contribution in [2.24, 2.45) is 0 Å². The molecule has 142 valence electrons. The number of carbonyl (C=O) groups excluding carboxylic acids is 1. The number of aromatic nitrogens is 4. The largest absolute Gasteiger partial charge is 0.444 e. The number of rotatable bonds is 7. The number of fused-ring (bicyclic) bond motifs is 1. The van der Waals surface area contributed by atoms with Crippen LogP contribution in [0, 0.1) is 0 Å². The van der Waals surface area contributed by atoms with E-state index in [1.54, 1.807) is 0 Å². The molecule has 0 amide bonds. The minimum atomic E-state index is -0.486. The number of hydrogen-bond acceptors (Lipinski definition) is 7. The van der Waals surface area contributed by atoms with Gasteiger partial charge in [-0.05, 0) is 12.0 Å². The number of esters is 1. The van der Waals surface area contributed by atoms with E-state index in [0.717, 1.165) is 17.7 Å². The number of benzene rings is 1. The molecule has 8 nitrogen and oxygen atoms in total. The second kappa shape index (κ2) is 8.26. The number of thioether (sulfide) groups is 1. The smallest absolute Gasteiger partial charge is 0.333 e. The molecule has 27 heavy (non-hydrogen) atoms. The highest BCUT2D eigenvalue weighted by molar-refractivity contribution is 7.99.